The molecule has 2 N–H and O–H groups in total. The van der Waals surface area contributed by atoms with Crippen LogP contribution in [0.25, 0.3) is 0 Å². The molecule has 1 aliphatic carbocycles. The van der Waals surface area contributed by atoms with Crippen LogP contribution in [0.5, 0.6) is 0 Å². The maximum Gasteiger partial charge on any atom is 0.324 e. The fourth-order valence-corrected chi connectivity index (χ4v) is 1.80. The van der Waals surface area contributed by atoms with Crippen molar-refractivity contribution in [1.29, 1.82) is 0 Å². The van der Waals surface area contributed by atoms with E-state index in [1.807, 2.05) is 0 Å². The molecule has 0 bridgehead atoms. The van der Waals surface area contributed by atoms with Crippen LogP contribution in [0.3, 0.4) is 0 Å². The first-order valence-corrected chi connectivity index (χ1v) is 4.02. The van der Waals surface area contributed by atoms with Crippen LogP contribution in [-0.2, 0) is 12.8 Å². The Labute approximate surface area is 68.5 Å². The quantitative estimate of drug-likeness (QED) is 0.566. The molecule has 4 heteroatoms. The van der Waals surface area contributed by atoms with E-state index in [9.17, 15) is 4.79 Å². The average Bonchev–Trinajstić information content (AvgIpc) is 2.34. The first kappa shape index (κ1) is 6.79. The van der Waals surface area contributed by atoms with E-state index in [4.69, 9.17) is 12.2 Å². The van der Waals surface area contributed by atoms with Crippen molar-refractivity contribution in [2.75, 3.05) is 0 Å². The van der Waals surface area contributed by atoms with Gasteiger partial charge in [-0.1, -0.05) is 12.2 Å². The summed E-state index contributed by atoms with van der Waals surface area (Å²) < 4.78 is 0.612. The minimum Gasteiger partial charge on any atom is -0.311 e. The van der Waals surface area contributed by atoms with Crippen molar-refractivity contribution < 1.29 is 0 Å². The summed E-state index contributed by atoms with van der Waals surface area (Å²) >= 11 is 4.99. The monoisotopic (exact) mass is 168 g/mol. The first-order chi connectivity index (χ1) is 5.27. The van der Waals surface area contributed by atoms with Gasteiger partial charge >= 0.3 is 5.69 Å². The van der Waals surface area contributed by atoms with Gasteiger partial charge in [0.2, 0.25) is 0 Å². The Morgan fingerprint density at radius 1 is 1.27 bits per heavy atom. The highest BCUT2D eigenvalue weighted by Gasteiger charge is 2.12. The molecule has 2 rings (SSSR count). The minimum atomic E-state index is -0.185. The molecule has 58 valence electrons. The SMILES string of the molecule is O=c1[nH]c2c(c(=S)[nH]1)CCC2. The number of rotatable bonds is 0. The molecule has 0 unspecified atom stereocenters. The summed E-state index contributed by atoms with van der Waals surface area (Å²) in [6.07, 6.45) is 3.07. The zero-order chi connectivity index (χ0) is 7.84. The second-order valence-electron chi connectivity index (χ2n) is 2.72. The van der Waals surface area contributed by atoms with Crippen LogP contribution >= 0.6 is 12.2 Å². The summed E-state index contributed by atoms with van der Waals surface area (Å²) in [7, 11) is 0. The molecule has 0 aromatic carbocycles. The molecule has 0 saturated heterocycles. The Kier molecular flexibility index (Phi) is 1.42. The zero-order valence-electron chi connectivity index (χ0n) is 5.94. The van der Waals surface area contributed by atoms with Gasteiger partial charge in [0.15, 0.2) is 0 Å². The van der Waals surface area contributed by atoms with Crippen LogP contribution in [0.1, 0.15) is 17.7 Å². The molecule has 1 aliphatic rings. The largest absolute Gasteiger partial charge is 0.324 e. The molecule has 0 saturated carbocycles. The molecule has 11 heavy (non-hydrogen) atoms. The van der Waals surface area contributed by atoms with Gasteiger partial charge in [-0.3, -0.25) is 4.98 Å². The number of hydrogen-bond donors (Lipinski definition) is 2. The van der Waals surface area contributed by atoms with Gasteiger partial charge in [0, 0.05) is 11.3 Å². The summed E-state index contributed by atoms with van der Waals surface area (Å²) in [5.74, 6) is 0. The molecule has 0 radical (unpaired) electrons. The van der Waals surface area contributed by atoms with Gasteiger partial charge in [0.1, 0.15) is 4.64 Å². The van der Waals surface area contributed by atoms with Crippen LogP contribution in [0, 0.1) is 4.64 Å². The summed E-state index contributed by atoms with van der Waals surface area (Å²) in [6, 6.07) is 0. The Morgan fingerprint density at radius 2 is 2.09 bits per heavy atom. The second kappa shape index (κ2) is 2.30. The van der Waals surface area contributed by atoms with Gasteiger partial charge in [0.05, 0.1) is 0 Å². The fourth-order valence-electron chi connectivity index (χ4n) is 1.48. The smallest absolute Gasteiger partial charge is 0.311 e. The number of aryl methyl sites for hydroxylation is 1. The lowest BCUT2D eigenvalue weighted by Crippen LogP contribution is -2.13. The summed E-state index contributed by atoms with van der Waals surface area (Å²) in [5, 5.41) is 0. The van der Waals surface area contributed by atoms with Gasteiger partial charge in [0.25, 0.3) is 0 Å². The molecule has 0 atom stereocenters. The molecular weight excluding hydrogens is 160 g/mol. The third-order valence-electron chi connectivity index (χ3n) is 1.98. The number of fused-ring (bicyclic) bond motifs is 1. The third-order valence-corrected chi connectivity index (χ3v) is 2.33. The Hall–Kier alpha value is -0.900. The number of hydrogen-bond acceptors (Lipinski definition) is 2. The molecule has 0 fully saturated rings. The topological polar surface area (TPSA) is 48.6 Å². The normalized spacial score (nSPS) is 14.9. The Morgan fingerprint density at radius 3 is 2.91 bits per heavy atom. The van der Waals surface area contributed by atoms with Gasteiger partial charge in [-0.15, -0.1) is 0 Å². The highest BCUT2D eigenvalue weighted by Crippen LogP contribution is 2.17. The van der Waals surface area contributed by atoms with Crippen LogP contribution in [0.15, 0.2) is 4.79 Å². The van der Waals surface area contributed by atoms with E-state index in [1.165, 1.54) is 0 Å². The summed E-state index contributed by atoms with van der Waals surface area (Å²) in [4.78, 5) is 16.2. The van der Waals surface area contributed by atoms with Gasteiger partial charge in [-0.2, -0.15) is 0 Å². The minimum absolute atomic E-state index is 0.185. The van der Waals surface area contributed by atoms with Gasteiger partial charge < -0.3 is 4.98 Å². The van der Waals surface area contributed by atoms with Crippen LogP contribution in [0.2, 0.25) is 0 Å². The van der Waals surface area contributed by atoms with Gasteiger partial charge in [-0.05, 0) is 19.3 Å². The number of H-pyrrole nitrogens is 2. The van der Waals surface area contributed by atoms with Crippen LogP contribution in [0.4, 0.5) is 0 Å². The van der Waals surface area contributed by atoms with E-state index in [2.05, 4.69) is 9.97 Å². The predicted molar refractivity (Wildman–Crippen MR) is 44.3 cm³/mol. The van der Waals surface area contributed by atoms with E-state index in [0.717, 1.165) is 30.5 Å². The molecule has 3 nitrogen and oxygen atoms in total. The van der Waals surface area contributed by atoms with E-state index >= 15 is 0 Å². The molecular formula is C7H8N2OS. The molecule has 1 aromatic rings. The van der Waals surface area contributed by atoms with Crippen molar-refractivity contribution in [2.24, 2.45) is 0 Å². The second-order valence-corrected chi connectivity index (χ2v) is 3.13. The Balaban J connectivity index is 2.80. The molecule has 0 aliphatic heterocycles. The number of aromatic nitrogens is 2. The van der Waals surface area contributed by atoms with E-state index in [0.29, 0.717) is 4.64 Å². The van der Waals surface area contributed by atoms with E-state index in [-0.39, 0.29) is 5.69 Å². The van der Waals surface area contributed by atoms with Crippen molar-refractivity contribution in [3.05, 3.63) is 26.4 Å². The molecule has 0 amide bonds. The first-order valence-electron chi connectivity index (χ1n) is 3.62. The summed E-state index contributed by atoms with van der Waals surface area (Å²) in [6.45, 7) is 0. The van der Waals surface area contributed by atoms with Crippen molar-refractivity contribution in [1.82, 2.24) is 9.97 Å². The standard InChI is InChI=1S/C7H8N2OS/c10-7-8-5-3-1-2-4(5)6(11)9-7/h1-3H2,(H2,8,9,10,11). The molecule has 1 aromatic heterocycles. The lowest BCUT2D eigenvalue weighted by molar-refractivity contribution is 0.895. The van der Waals surface area contributed by atoms with Crippen LogP contribution < -0.4 is 5.69 Å². The highest BCUT2D eigenvalue weighted by atomic mass is 32.1. The predicted octanol–water partition coefficient (Wildman–Crippen LogP) is 0.921. The molecule has 0 spiro atoms. The average molecular weight is 168 g/mol. The third kappa shape index (κ3) is 1.03. The van der Waals surface area contributed by atoms with Crippen molar-refractivity contribution in [3.8, 4) is 0 Å². The van der Waals surface area contributed by atoms with E-state index < -0.39 is 0 Å². The van der Waals surface area contributed by atoms with E-state index in [1.54, 1.807) is 0 Å². The van der Waals surface area contributed by atoms with Crippen LogP contribution in [-0.4, -0.2) is 9.97 Å². The molecule has 1 heterocycles. The fraction of sp³-hybridized carbons (Fsp3) is 0.429. The lowest BCUT2D eigenvalue weighted by Gasteiger charge is -1.95. The Bertz CT molecular complexity index is 390. The highest BCUT2D eigenvalue weighted by molar-refractivity contribution is 7.71. The maximum atomic E-state index is 10.9. The zero-order valence-corrected chi connectivity index (χ0v) is 6.75. The van der Waals surface area contributed by atoms with Crippen molar-refractivity contribution in [3.63, 3.8) is 0 Å². The number of nitrogens with one attached hydrogen (secondary N) is 2. The van der Waals surface area contributed by atoms with Crippen molar-refractivity contribution >= 4 is 12.2 Å². The maximum absolute atomic E-state index is 10.9. The van der Waals surface area contributed by atoms with Crippen molar-refractivity contribution in [2.45, 2.75) is 19.3 Å². The summed E-state index contributed by atoms with van der Waals surface area (Å²) in [5.41, 5.74) is 1.97. The van der Waals surface area contributed by atoms with Gasteiger partial charge in [-0.25, -0.2) is 4.79 Å². The number of aromatic amines is 2. The lowest BCUT2D eigenvalue weighted by atomic mass is 10.3.